The molecule has 0 atom stereocenters. The van der Waals surface area contributed by atoms with Crippen LogP contribution in [0.2, 0.25) is 0 Å². The van der Waals surface area contributed by atoms with Gasteiger partial charge in [0, 0.05) is 17.3 Å². The highest BCUT2D eigenvalue weighted by molar-refractivity contribution is 5.58. The molecule has 2 fully saturated rings. The second-order valence-corrected chi connectivity index (χ2v) is 7.83. The van der Waals surface area contributed by atoms with Crippen molar-refractivity contribution >= 4 is 17.5 Å². The van der Waals surface area contributed by atoms with Crippen LogP contribution in [0.1, 0.15) is 44.2 Å². The molecule has 0 aliphatic heterocycles. The van der Waals surface area contributed by atoms with E-state index < -0.39 is 5.69 Å². The van der Waals surface area contributed by atoms with Gasteiger partial charge in [0.15, 0.2) is 11.1 Å². The standard InChI is InChI=1S/C19H23N7O3/c27-13-5-3-11(4-6-13)21-15-8-16(22-12-1-2-12)26-17(24-15)10(9-20-26)7-14-18(28)25-19(29)23-14/h7-9,11-13,21,27-28H,1-6H2,(H2,23,25,29)/b10-7+,22-16?. The Morgan fingerprint density at radius 1 is 1.21 bits per heavy atom. The SMILES string of the molecule is O=c1[nH]c(O)c(/C=c2\cnn3c(=NC4CC4)cc(NC4CCC(O)CC4)nc23)[nH]1. The molecule has 3 aromatic heterocycles. The number of aromatic hydroxyl groups is 1. The lowest BCUT2D eigenvalue weighted by molar-refractivity contribution is 0.126. The Kier molecular flexibility index (Phi) is 4.35. The molecule has 2 saturated carbocycles. The van der Waals surface area contributed by atoms with E-state index in [1.54, 1.807) is 16.8 Å². The lowest BCUT2D eigenvalue weighted by Gasteiger charge is -2.26. The van der Waals surface area contributed by atoms with Crippen LogP contribution < -0.4 is 21.7 Å². The molecule has 0 aromatic carbocycles. The molecule has 3 aromatic rings. The molecule has 0 spiro atoms. The summed E-state index contributed by atoms with van der Waals surface area (Å²) in [6.45, 7) is 0. The molecular weight excluding hydrogens is 374 g/mol. The first kappa shape index (κ1) is 17.9. The minimum atomic E-state index is -0.482. The number of fused-ring (bicyclic) bond motifs is 1. The van der Waals surface area contributed by atoms with Crippen molar-refractivity contribution in [1.82, 2.24) is 24.6 Å². The Hall–Kier alpha value is -3.14. The second kappa shape index (κ2) is 7.03. The van der Waals surface area contributed by atoms with E-state index in [9.17, 15) is 15.0 Å². The van der Waals surface area contributed by atoms with E-state index in [1.807, 2.05) is 6.07 Å². The molecule has 2 aliphatic rings. The summed E-state index contributed by atoms with van der Waals surface area (Å²) in [4.78, 5) is 25.7. The average molecular weight is 397 g/mol. The molecule has 5 N–H and O–H groups in total. The van der Waals surface area contributed by atoms with Gasteiger partial charge < -0.3 is 20.5 Å². The molecule has 0 bridgehead atoms. The number of aromatic nitrogens is 5. The number of nitrogens with zero attached hydrogens (tertiary/aromatic N) is 4. The van der Waals surface area contributed by atoms with Crippen molar-refractivity contribution in [3.05, 3.63) is 39.1 Å². The Morgan fingerprint density at radius 2 is 2.00 bits per heavy atom. The maximum atomic E-state index is 11.4. The van der Waals surface area contributed by atoms with Gasteiger partial charge in [0.05, 0.1) is 18.3 Å². The zero-order chi connectivity index (χ0) is 20.0. The van der Waals surface area contributed by atoms with Crippen LogP contribution >= 0.6 is 0 Å². The fraction of sp³-hybridized carbons (Fsp3) is 0.474. The van der Waals surface area contributed by atoms with Crippen molar-refractivity contribution in [2.45, 2.75) is 56.7 Å². The van der Waals surface area contributed by atoms with Crippen molar-refractivity contribution in [1.29, 1.82) is 0 Å². The first-order valence-electron chi connectivity index (χ1n) is 9.95. The van der Waals surface area contributed by atoms with Gasteiger partial charge >= 0.3 is 5.69 Å². The molecule has 5 rings (SSSR count). The van der Waals surface area contributed by atoms with Gasteiger partial charge in [0.1, 0.15) is 11.5 Å². The summed E-state index contributed by atoms with van der Waals surface area (Å²) in [5.74, 6) is 0.479. The topological polar surface area (TPSA) is 144 Å². The fourth-order valence-electron chi connectivity index (χ4n) is 3.70. The van der Waals surface area contributed by atoms with Crippen molar-refractivity contribution in [2.75, 3.05) is 5.32 Å². The second-order valence-electron chi connectivity index (χ2n) is 7.83. The number of hydrogen-bond acceptors (Lipinski definition) is 7. The summed E-state index contributed by atoms with van der Waals surface area (Å²) in [7, 11) is 0. The largest absolute Gasteiger partial charge is 0.493 e. The Labute approximate surface area is 165 Å². The van der Waals surface area contributed by atoms with Crippen LogP contribution in [0.3, 0.4) is 0 Å². The molecule has 3 heterocycles. The monoisotopic (exact) mass is 397 g/mol. The Morgan fingerprint density at radius 3 is 2.69 bits per heavy atom. The molecule has 10 heteroatoms. The van der Waals surface area contributed by atoms with Crippen molar-refractivity contribution in [2.24, 2.45) is 4.99 Å². The van der Waals surface area contributed by atoms with E-state index in [1.165, 1.54) is 0 Å². The maximum absolute atomic E-state index is 11.4. The van der Waals surface area contributed by atoms with Crippen molar-refractivity contribution in [3.63, 3.8) is 0 Å². The third kappa shape index (κ3) is 3.75. The number of hydrogen-bond donors (Lipinski definition) is 5. The zero-order valence-corrected chi connectivity index (χ0v) is 15.8. The number of anilines is 1. The van der Waals surface area contributed by atoms with Gasteiger partial charge in [-0.2, -0.15) is 9.61 Å². The third-order valence-electron chi connectivity index (χ3n) is 5.43. The minimum absolute atomic E-state index is 0.212. The van der Waals surface area contributed by atoms with Crippen LogP contribution in [0, 0.1) is 0 Å². The van der Waals surface area contributed by atoms with E-state index in [0.717, 1.165) is 44.0 Å². The maximum Gasteiger partial charge on any atom is 0.326 e. The predicted molar refractivity (Wildman–Crippen MR) is 105 cm³/mol. The number of aliphatic hydroxyl groups is 1. The lowest BCUT2D eigenvalue weighted by atomic mass is 9.93. The summed E-state index contributed by atoms with van der Waals surface area (Å²) in [5, 5.41) is 28.1. The zero-order valence-electron chi connectivity index (χ0n) is 15.8. The highest BCUT2D eigenvalue weighted by atomic mass is 16.3. The molecule has 0 saturated heterocycles. The number of aromatic amines is 2. The number of rotatable bonds is 4. The van der Waals surface area contributed by atoms with E-state index in [-0.39, 0.29) is 23.7 Å². The molecule has 2 aliphatic carbocycles. The average Bonchev–Trinajstić information content (AvgIpc) is 3.33. The summed E-state index contributed by atoms with van der Waals surface area (Å²) in [6.07, 6.45) is 8.55. The summed E-state index contributed by atoms with van der Waals surface area (Å²) < 4.78 is 1.68. The van der Waals surface area contributed by atoms with Crippen molar-refractivity contribution < 1.29 is 10.2 Å². The van der Waals surface area contributed by atoms with Crippen LogP contribution in [0.15, 0.2) is 22.1 Å². The summed E-state index contributed by atoms with van der Waals surface area (Å²) in [5.41, 5.74) is 1.10. The third-order valence-corrected chi connectivity index (χ3v) is 5.43. The van der Waals surface area contributed by atoms with Gasteiger partial charge in [-0.3, -0.25) is 9.98 Å². The van der Waals surface area contributed by atoms with Crippen LogP contribution in [0.4, 0.5) is 5.82 Å². The number of nitrogens with one attached hydrogen (secondary N) is 3. The van der Waals surface area contributed by atoms with Crippen LogP contribution in [-0.4, -0.2) is 53.0 Å². The number of imidazole rings is 1. The van der Waals surface area contributed by atoms with Gasteiger partial charge in [-0.25, -0.2) is 9.78 Å². The van der Waals surface area contributed by atoms with E-state index in [0.29, 0.717) is 22.7 Å². The van der Waals surface area contributed by atoms with Crippen LogP contribution in [0.25, 0.3) is 11.7 Å². The van der Waals surface area contributed by atoms with E-state index >= 15 is 0 Å². The smallest absolute Gasteiger partial charge is 0.326 e. The minimum Gasteiger partial charge on any atom is -0.493 e. The molecule has 10 nitrogen and oxygen atoms in total. The van der Waals surface area contributed by atoms with Crippen LogP contribution in [0.5, 0.6) is 5.88 Å². The molecular formula is C19H23N7O3. The molecule has 0 unspecified atom stereocenters. The van der Waals surface area contributed by atoms with Gasteiger partial charge in [-0.05, 0) is 44.6 Å². The van der Waals surface area contributed by atoms with Crippen molar-refractivity contribution in [3.8, 4) is 5.88 Å². The summed E-state index contributed by atoms with van der Waals surface area (Å²) in [6, 6.07) is 2.48. The lowest BCUT2D eigenvalue weighted by Crippen LogP contribution is -2.30. The Bertz CT molecular complexity index is 1210. The fourth-order valence-corrected chi connectivity index (χ4v) is 3.70. The molecule has 0 amide bonds. The first-order chi connectivity index (χ1) is 14.0. The summed E-state index contributed by atoms with van der Waals surface area (Å²) >= 11 is 0. The van der Waals surface area contributed by atoms with Crippen LogP contribution in [-0.2, 0) is 0 Å². The highest BCUT2D eigenvalue weighted by Gasteiger charge is 2.22. The first-order valence-corrected chi connectivity index (χ1v) is 9.95. The van der Waals surface area contributed by atoms with Gasteiger partial charge in [-0.15, -0.1) is 0 Å². The van der Waals surface area contributed by atoms with E-state index in [4.69, 9.17) is 9.98 Å². The molecule has 29 heavy (non-hydrogen) atoms. The predicted octanol–water partition coefficient (Wildman–Crippen LogP) is -0.222. The van der Waals surface area contributed by atoms with Gasteiger partial charge in [0.2, 0.25) is 5.88 Å². The normalized spacial score (nSPS) is 23.8. The molecule has 0 radical (unpaired) electrons. The quantitative estimate of drug-likeness (QED) is 0.412. The highest BCUT2D eigenvalue weighted by Crippen LogP contribution is 2.23. The van der Waals surface area contributed by atoms with E-state index in [2.05, 4.69) is 20.4 Å². The number of H-pyrrole nitrogens is 2. The van der Waals surface area contributed by atoms with Gasteiger partial charge in [0.25, 0.3) is 0 Å². The van der Waals surface area contributed by atoms with Gasteiger partial charge in [-0.1, -0.05) is 0 Å². The molecule has 152 valence electrons. The Balaban J connectivity index is 1.59. The number of aliphatic hydroxyl groups excluding tert-OH is 1.